The molecule has 94 valence electrons. The van der Waals surface area contributed by atoms with E-state index in [1.165, 1.54) is 0 Å². The second-order valence-electron chi connectivity index (χ2n) is 3.09. The van der Waals surface area contributed by atoms with Crippen LogP contribution in [0.4, 0.5) is 0 Å². The summed E-state index contributed by atoms with van der Waals surface area (Å²) in [4.78, 5) is 41.9. The van der Waals surface area contributed by atoms with Gasteiger partial charge in [0.25, 0.3) is 0 Å². The first-order valence-electron chi connectivity index (χ1n) is 4.15. The normalized spacial score (nSPS) is 12.9. The SMILES string of the molecule is O=C(O)CC(C(=O)O)C(CC(=O)O)C(=O)O.[BaH2]. The Morgan fingerprint density at radius 2 is 0.941 bits per heavy atom. The molecule has 17 heavy (non-hydrogen) atoms. The van der Waals surface area contributed by atoms with Gasteiger partial charge in [0, 0.05) is 0 Å². The standard InChI is InChI=1S/C8H10O8.Ba.2H/c9-5(10)1-3(7(13)14)4(8(15)16)2-6(11)12;;;/h3-4H,1-2H2,(H,9,10)(H,11,12)(H,13,14)(H,15,16);;;. The zero-order chi connectivity index (χ0) is 12.9. The molecule has 0 aliphatic heterocycles. The van der Waals surface area contributed by atoms with Crippen LogP contribution in [-0.4, -0.2) is 93.2 Å². The van der Waals surface area contributed by atoms with E-state index in [1.54, 1.807) is 0 Å². The van der Waals surface area contributed by atoms with Gasteiger partial charge in [0.05, 0.1) is 24.7 Å². The van der Waals surface area contributed by atoms with Crippen molar-refractivity contribution in [2.75, 3.05) is 0 Å². The second-order valence-corrected chi connectivity index (χ2v) is 3.09. The Kier molecular flexibility index (Phi) is 9.44. The van der Waals surface area contributed by atoms with Crippen LogP contribution in [0, 0.1) is 11.8 Å². The third kappa shape index (κ3) is 7.39. The Morgan fingerprint density at radius 1 is 0.706 bits per heavy atom. The number of hydrogen-bond donors (Lipinski definition) is 4. The average Bonchev–Trinajstić information content (AvgIpc) is 2.09. The van der Waals surface area contributed by atoms with E-state index in [0.29, 0.717) is 0 Å². The van der Waals surface area contributed by atoms with Gasteiger partial charge in [-0.15, -0.1) is 0 Å². The molecular formula is C8H12BaO8. The first-order valence-corrected chi connectivity index (χ1v) is 4.15. The van der Waals surface area contributed by atoms with Gasteiger partial charge in [-0.2, -0.15) is 0 Å². The number of rotatable bonds is 7. The zero-order valence-corrected chi connectivity index (χ0v) is 7.99. The summed E-state index contributed by atoms with van der Waals surface area (Å²) < 4.78 is 0. The van der Waals surface area contributed by atoms with Gasteiger partial charge >= 0.3 is 72.8 Å². The molecule has 0 aliphatic carbocycles. The van der Waals surface area contributed by atoms with Crippen molar-refractivity contribution in [2.45, 2.75) is 12.8 Å². The fraction of sp³-hybridized carbons (Fsp3) is 0.500. The number of carboxylic acid groups (broad SMARTS) is 4. The van der Waals surface area contributed by atoms with Crippen LogP contribution in [0.3, 0.4) is 0 Å². The number of hydrogen-bond acceptors (Lipinski definition) is 4. The Labute approximate surface area is 136 Å². The summed E-state index contributed by atoms with van der Waals surface area (Å²) in [5.41, 5.74) is 0. The van der Waals surface area contributed by atoms with Crippen LogP contribution in [0.2, 0.25) is 0 Å². The van der Waals surface area contributed by atoms with Crippen molar-refractivity contribution in [3.63, 3.8) is 0 Å². The molecule has 0 amide bonds. The summed E-state index contributed by atoms with van der Waals surface area (Å²) in [6.07, 6.45) is -1.86. The number of aliphatic carboxylic acids is 4. The minimum atomic E-state index is -1.76. The van der Waals surface area contributed by atoms with Crippen LogP contribution < -0.4 is 0 Å². The van der Waals surface area contributed by atoms with Gasteiger partial charge in [0.2, 0.25) is 0 Å². The molecule has 0 aromatic carbocycles. The topological polar surface area (TPSA) is 149 Å². The molecule has 0 aliphatic rings. The van der Waals surface area contributed by atoms with E-state index in [2.05, 4.69) is 0 Å². The van der Waals surface area contributed by atoms with Crippen molar-refractivity contribution in [1.82, 2.24) is 0 Å². The van der Waals surface area contributed by atoms with E-state index >= 15 is 0 Å². The first kappa shape index (κ1) is 18.8. The summed E-state index contributed by atoms with van der Waals surface area (Å²) >= 11 is 0. The van der Waals surface area contributed by atoms with Crippen LogP contribution >= 0.6 is 0 Å². The van der Waals surface area contributed by atoms with Gasteiger partial charge in [0.1, 0.15) is 0 Å². The quantitative estimate of drug-likeness (QED) is 0.391. The van der Waals surface area contributed by atoms with E-state index in [9.17, 15) is 19.2 Å². The molecule has 2 atom stereocenters. The second kappa shape index (κ2) is 8.53. The molecule has 2 unspecified atom stereocenters. The molecule has 0 aromatic rings. The van der Waals surface area contributed by atoms with Gasteiger partial charge in [-0.05, 0) is 0 Å². The van der Waals surface area contributed by atoms with E-state index in [0.717, 1.165) is 0 Å². The van der Waals surface area contributed by atoms with Crippen molar-refractivity contribution in [2.24, 2.45) is 11.8 Å². The summed E-state index contributed by atoms with van der Waals surface area (Å²) in [6, 6.07) is 0. The maximum absolute atomic E-state index is 10.6. The molecule has 4 N–H and O–H groups in total. The molecule has 9 heteroatoms. The average molecular weight is 374 g/mol. The fourth-order valence-electron chi connectivity index (χ4n) is 1.18. The molecule has 0 fully saturated rings. The number of carbonyl (C=O) groups is 4. The molecule has 0 heterocycles. The Balaban J connectivity index is 0. The van der Waals surface area contributed by atoms with E-state index in [1.807, 2.05) is 0 Å². The molecule has 8 nitrogen and oxygen atoms in total. The molecule has 0 spiro atoms. The Hall–Kier alpha value is -0.549. The molecule has 0 aromatic heterocycles. The van der Waals surface area contributed by atoms with E-state index in [-0.39, 0.29) is 48.9 Å². The minimum absolute atomic E-state index is 0. The van der Waals surface area contributed by atoms with E-state index in [4.69, 9.17) is 20.4 Å². The summed E-state index contributed by atoms with van der Waals surface area (Å²) in [7, 11) is 0. The Bertz CT molecular complexity index is 293. The van der Waals surface area contributed by atoms with Crippen LogP contribution in [-0.2, 0) is 19.2 Å². The first-order chi connectivity index (χ1) is 7.25. The summed E-state index contributed by atoms with van der Waals surface area (Å²) in [5.74, 6) is -9.79. The van der Waals surface area contributed by atoms with Gasteiger partial charge < -0.3 is 20.4 Å². The monoisotopic (exact) mass is 374 g/mol. The van der Waals surface area contributed by atoms with Gasteiger partial charge in [-0.1, -0.05) is 0 Å². The van der Waals surface area contributed by atoms with Crippen molar-refractivity contribution < 1.29 is 39.6 Å². The molecular weight excluding hydrogens is 361 g/mol. The van der Waals surface area contributed by atoms with Crippen molar-refractivity contribution >= 4 is 72.8 Å². The molecule has 0 rings (SSSR count). The molecule has 0 saturated carbocycles. The third-order valence-corrected chi connectivity index (χ3v) is 1.91. The predicted octanol–water partition coefficient (Wildman–Crippen LogP) is -1.58. The zero-order valence-electron chi connectivity index (χ0n) is 7.99. The fourth-order valence-corrected chi connectivity index (χ4v) is 1.18. The van der Waals surface area contributed by atoms with Crippen LogP contribution in [0.5, 0.6) is 0 Å². The van der Waals surface area contributed by atoms with Crippen LogP contribution in [0.1, 0.15) is 12.8 Å². The molecule has 0 saturated heterocycles. The van der Waals surface area contributed by atoms with Gasteiger partial charge in [-0.25, -0.2) is 0 Å². The van der Waals surface area contributed by atoms with Crippen molar-refractivity contribution in [3.05, 3.63) is 0 Å². The Morgan fingerprint density at radius 3 is 1.06 bits per heavy atom. The third-order valence-electron chi connectivity index (χ3n) is 1.91. The number of carboxylic acids is 4. The van der Waals surface area contributed by atoms with E-state index < -0.39 is 48.6 Å². The molecule has 0 radical (unpaired) electrons. The van der Waals surface area contributed by atoms with Crippen LogP contribution in [0.25, 0.3) is 0 Å². The molecule has 0 bridgehead atoms. The van der Waals surface area contributed by atoms with Crippen LogP contribution in [0.15, 0.2) is 0 Å². The summed E-state index contributed by atoms with van der Waals surface area (Å²) in [5, 5.41) is 34.1. The van der Waals surface area contributed by atoms with Gasteiger partial charge in [-0.3, -0.25) is 19.2 Å². The maximum atomic E-state index is 10.6. The van der Waals surface area contributed by atoms with Crippen molar-refractivity contribution in [1.29, 1.82) is 0 Å². The van der Waals surface area contributed by atoms with Gasteiger partial charge in [0.15, 0.2) is 0 Å². The summed E-state index contributed by atoms with van der Waals surface area (Å²) in [6.45, 7) is 0. The predicted molar refractivity (Wildman–Crippen MR) is 55.3 cm³/mol. The van der Waals surface area contributed by atoms with Crippen molar-refractivity contribution in [3.8, 4) is 0 Å².